The molecule has 0 atom stereocenters. The van der Waals surface area contributed by atoms with Gasteiger partial charge in [0.25, 0.3) is 5.91 Å². The highest BCUT2D eigenvalue weighted by molar-refractivity contribution is 6.14. The molecule has 98 valence electrons. The molecule has 0 unspecified atom stereocenters. The Bertz CT molecular complexity index is 645. The summed E-state index contributed by atoms with van der Waals surface area (Å²) >= 11 is 0. The van der Waals surface area contributed by atoms with Gasteiger partial charge in [-0.3, -0.25) is 4.79 Å². The van der Waals surface area contributed by atoms with E-state index in [0.29, 0.717) is 12.4 Å². The topological polar surface area (TPSA) is 61.4 Å². The number of H-pyrrole nitrogens is 1. The number of benzene rings is 1. The summed E-state index contributed by atoms with van der Waals surface area (Å²) in [6.45, 7) is 6.17. The zero-order valence-corrected chi connectivity index (χ0v) is 11.3. The average Bonchev–Trinajstić information content (AvgIpc) is 2.90. The molecule has 0 aliphatic carbocycles. The smallest absolute Gasteiger partial charge is 0.255 e. The molecule has 5 nitrogen and oxygen atoms in total. The second-order valence-electron chi connectivity index (χ2n) is 5.76. The van der Waals surface area contributed by atoms with E-state index in [1.54, 1.807) is 0 Å². The van der Waals surface area contributed by atoms with Crippen LogP contribution in [0.15, 0.2) is 29.4 Å². The first-order valence-corrected chi connectivity index (χ1v) is 6.31. The summed E-state index contributed by atoms with van der Waals surface area (Å²) in [6.07, 6.45) is 0.362. The van der Waals surface area contributed by atoms with Crippen LogP contribution in [-0.2, 0) is 4.79 Å². The fourth-order valence-electron chi connectivity index (χ4n) is 2.05. The van der Waals surface area contributed by atoms with Gasteiger partial charge in [0.2, 0.25) is 5.95 Å². The predicted octanol–water partition coefficient (Wildman–Crippen LogP) is 2.70. The number of rotatable bonds is 1. The number of carbonyl (C=O) groups is 1. The van der Waals surface area contributed by atoms with Crippen LogP contribution >= 0.6 is 0 Å². The SMILES string of the molecule is CC(C)(C)C1=NN(c2nc3ccccc3[nH]2)C(=O)C1. The molecular weight excluding hydrogens is 240 g/mol. The van der Waals surface area contributed by atoms with Gasteiger partial charge in [0, 0.05) is 5.41 Å². The molecule has 0 radical (unpaired) electrons. The summed E-state index contributed by atoms with van der Waals surface area (Å²) in [6, 6.07) is 7.69. The molecule has 0 saturated heterocycles. The van der Waals surface area contributed by atoms with Crippen molar-refractivity contribution in [3.05, 3.63) is 24.3 Å². The highest BCUT2D eigenvalue weighted by Gasteiger charge is 2.33. The standard InChI is InChI=1S/C14H16N4O/c1-14(2,3)11-8-12(19)18(17-11)13-15-9-6-4-5-7-10(9)16-13/h4-7H,8H2,1-3H3,(H,15,16). The number of nitrogens with one attached hydrogen (secondary N) is 1. The van der Waals surface area contributed by atoms with Gasteiger partial charge in [-0.2, -0.15) is 10.1 Å². The number of anilines is 1. The molecule has 2 aromatic rings. The van der Waals surface area contributed by atoms with Gasteiger partial charge in [-0.15, -0.1) is 0 Å². The molecule has 5 heteroatoms. The minimum absolute atomic E-state index is 0.0380. The third-order valence-electron chi connectivity index (χ3n) is 3.22. The third-order valence-corrected chi connectivity index (χ3v) is 3.22. The summed E-state index contributed by atoms with van der Waals surface area (Å²) in [7, 11) is 0. The van der Waals surface area contributed by atoms with Gasteiger partial charge < -0.3 is 4.98 Å². The molecule has 1 aliphatic rings. The number of nitrogens with zero attached hydrogens (tertiary/aromatic N) is 3. The summed E-state index contributed by atoms with van der Waals surface area (Å²) in [5.74, 6) is 0.453. The van der Waals surface area contributed by atoms with E-state index in [2.05, 4.69) is 35.8 Å². The van der Waals surface area contributed by atoms with Crippen molar-refractivity contribution < 1.29 is 4.79 Å². The number of imidazole rings is 1. The van der Waals surface area contributed by atoms with Crippen molar-refractivity contribution in [2.75, 3.05) is 5.01 Å². The third kappa shape index (κ3) is 2.01. The van der Waals surface area contributed by atoms with Gasteiger partial charge in [0.1, 0.15) is 0 Å². The van der Waals surface area contributed by atoms with Crippen LogP contribution in [0.2, 0.25) is 0 Å². The second-order valence-corrected chi connectivity index (χ2v) is 5.76. The van der Waals surface area contributed by atoms with Crippen molar-refractivity contribution in [3.63, 3.8) is 0 Å². The molecule has 2 heterocycles. The number of para-hydroxylation sites is 2. The van der Waals surface area contributed by atoms with E-state index in [0.717, 1.165) is 16.7 Å². The molecule has 1 aromatic heterocycles. The monoisotopic (exact) mass is 256 g/mol. The Balaban J connectivity index is 2.02. The Labute approximate surface area is 111 Å². The Morgan fingerprint density at radius 2 is 2.00 bits per heavy atom. The first-order valence-electron chi connectivity index (χ1n) is 6.31. The Hall–Kier alpha value is -2.17. The zero-order chi connectivity index (χ0) is 13.6. The average molecular weight is 256 g/mol. The number of aromatic nitrogens is 2. The maximum Gasteiger partial charge on any atom is 0.255 e. The number of aromatic amines is 1. The number of carbonyl (C=O) groups excluding carboxylic acids is 1. The lowest BCUT2D eigenvalue weighted by Crippen LogP contribution is -2.21. The van der Waals surface area contributed by atoms with E-state index in [4.69, 9.17) is 0 Å². The molecular formula is C14H16N4O. The van der Waals surface area contributed by atoms with Crippen LogP contribution in [0.5, 0.6) is 0 Å². The summed E-state index contributed by atoms with van der Waals surface area (Å²) in [5, 5.41) is 5.79. The quantitative estimate of drug-likeness (QED) is 0.852. The fraction of sp³-hybridized carbons (Fsp3) is 0.357. The molecule has 1 aromatic carbocycles. The minimum atomic E-state index is -0.101. The normalized spacial score (nSPS) is 16.3. The van der Waals surface area contributed by atoms with Crippen molar-refractivity contribution in [2.24, 2.45) is 10.5 Å². The predicted molar refractivity (Wildman–Crippen MR) is 75.1 cm³/mol. The lowest BCUT2D eigenvalue weighted by Gasteiger charge is -2.16. The van der Waals surface area contributed by atoms with Gasteiger partial charge in [-0.25, -0.2) is 4.98 Å². The van der Waals surface area contributed by atoms with Crippen LogP contribution in [0.4, 0.5) is 5.95 Å². The van der Waals surface area contributed by atoms with Crippen molar-refractivity contribution in [1.29, 1.82) is 0 Å². The maximum absolute atomic E-state index is 12.1. The molecule has 3 rings (SSSR count). The van der Waals surface area contributed by atoms with Gasteiger partial charge in [-0.1, -0.05) is 32.9 Å². The van der Waals surface area contributed by atoms with Crippen molar-refractivity contribution in [2.45, 2.75) is 27.2 Å². The Morgan fingerprint density at radius 3 is 2.63 bits per heavy atom. The van der Waals surface area contributed by atoms with Crippen LogP contribution in [0.25, 0.3) is 11.0 Å². The van der Waals surface area contributed by atoms with E-state index >= 15 is 0 Å². The van der Waals surface area contributed by atoms with Crippen LogP contribution in [0.1, 0.15) is 27.2 Å². The molecule has 19 heavy (non-hydrogen) atoms. The van der Waals surface area contributed by atoms with Crippen LogP contribution in [0.3, 0.4) is 0 Å². The number of amides is 1. The molecule has 1 N–H and O–H groups in total. The van der Waals surface area contributed by atoms with Crippen LogP contribution < -0.4 is 5.01 Å². The molecule has 0 bridgehead atoms. The van der Waals surface area contributed by atoms with Gasteiger partial charge in [-0.05, 0) is 12.1 Å². The molecule has 0 fully saturated rings. The van der Waals surface area contributed by atoms with E-state index < -0.39 is 0 Å². The lowest BCUT2D eigenvalue weighted by atomic mass is 9.88. The van der Waals surface area contributed by atoms with Gasteiger partial charge >= 0.3 is 0 Å². The maximum atomic E-state index is 12.1. The lowest BCUT2D eigenvalue weighted by molar-refractivity contribution is -0.117. The minimum Gasteiger partial charge on any atom is -0.322 e. The molecule has 0 saturated carbocycles. The van der Waals surface area contributed by atoms with Crippen LogP contribution in [0, 0.1) is 5.41 Å². The number of hydrogen-bond donors (Lipinski definition) is 1. The molecule has 1 amide bonds. The van der Waals surface area contributed by atoms with E-state index in [9.17, 15) is 4.79 Å². The van der Waals surface area contributed by atoms with Crippen molar-refractivity contribution >= 4 is 28.6 Å². The first kappa shape index (κ1) is 11.9. The first-order chi connectivity index (χ1) is 8.95. The second kappa shape index (κ2) is 3.91. The van der Waals surface area contributed by atoms with Gasteiger partial charge in [0.05, 0.1) is 23.2 Å². The molecule has 1 aliphatic heterocycles. The summed E-state index contributed by atoms with van der Waals surface area (Å²) < 4.78 is 0. The highest BCUT2D eigenvalue weighted by Crippen LogP contribution is 2.27. The Kier molecular flexibility index (Phi) is 2.45. The number of fused-ring (bicyclic) bond motifs is 1. The van der Waals surface area contributed by atoms with Crippen molar-refractivity contribution in [3.8, 4) is 0 Å². The van der Waals surface area contributed by atoms with E-state index in [-0.39, 0.29) is 11.3 Å². The number of hydrazone groups is 1. The van der Waals surface area contributed by atoms with Crippen LogP contribution in [-0.4, -0.2) is 21.6 Å². The van der Waals surface area contributed by atoms with Gasteiger partial charge in [0.15, 0.2) is 0 Å². The van der Waals surface area contributed by atoms with Crippen molar-refractivity contribution in [1.82, 2.24) is 9.97 Å². The Morgan fingerprint density at radius 1 is 1.26 bits per heavy atom. The van der Waals surface area contributed by atoms with E-state index in [1.165, 1.54) is 5.01 Å². The largest absolute Gasteiger partial charge is 0.322 e. The molecule has 0 spiro atoms. The highest BCUT2D eigenvalue weighted by atomic mass is 16.2. The fourth-order valence-corrected chi connectivity index (χ4v) is 2.05. The van der Waals surface area contributed by atoms with E-state index in [1.807, 2.05) is 24.3 Å². The summed E-state index contributed by atoms with van der Waals surface area (Å²) in [5.41, 5.74) is 2.53. The number of hydrogen-bond acceptors (Lipinski definition) is 3. The zero-order valence-electron chi connectivity index (χ0n) is 11.3. The summed E-state index contributed by atoms with van der Waals surface area (Å²) in [4.78, 5) is 19.6.